The molecule has 0 aromatic rings. The molecule has 188 valence electrons. The average molecular weight is 519 g/mol. The zero-order chi connectivity index (χ0) is 25.2. The molecule has 0 aliphatic carbocycles. The predicted octanol–water partition coefficient (Wildman–Crippen LogP) is 3.25. The van der Waals surface area contributed by atoms with Gasteiger partial charge in [0, 0.05) is 0 Å². The van der Waals surface area contributed by atoms with Gasteiger partial charge in [-0.1, -0.05) is 6.92 Å². The molecule has 0 saturated heterocycles. The average Bonchev–Trinajstić information content (AvgIpc) is 2.70. The Hall–Kier alpha value is -1.38. The minimum absolute atomic E-state index is 0.0376. The van der Waals surface area contributed by atoms with Crippen LogP contribution < -0.4 is 10.6 Å². The van der Waals surface area contributed by atoms with Crippen LogP contribution in [0.1, 0.15) is 26.2 Å². The molecule has 0 heterocycles. The zero-order valence-electron chi connectivity index (χ0n) is 17.5. The van der Waals surface area contributed by atoms with Crippen molar-refractivity contribution in [1.82, 2.24) is 10.6 Å². The second kappa shape index (κ2) is 13.4. The van der Waals surface area contributed by atoms with Crippen LogP contribution in [0, 0.1) is 0 Å². The van der Waals surface area contributed by atoms with E-state index in [4.69, 9.17) is 4.74 Å². The molecule has 0 saturated carbocycles. The number of carbonyl (C=O) groups excluding carboxylic acids is 3. The highest BCUT2D eigenvalue weighted by atomic mass is 32.2. The molecule has 6 nitrogen and oxygen atoms in total. The molecule has 15 heteroatoms. The molecule has 0 spiro atoms. The van der Waals surface area contributed by atoms with Crippen molar-refractivity contribution in [3.63, 3.8) is 0 Å². The summed E-state index contributed by atoms with van der Waals surface area (Å²) in [6, 6.07) is -3.12. The molecule has 0 aromatic heterocycles. The molecule has 2 unspecified atom stereocenters. The van der Waals surface area contributed by atoms with Gasteiger partial charge in [-0.15, -0.1) is 0 Å². The minimum Gasteiger partial charge on any atom is -0.464 e. The zero-order valence-corrected chi connectivity index (χ0v) is 19.1. The molecular weight excluding hydrogens is 493 g/mol. The predicted molar refractivity (Wildman–Crippen MR) is 107 cm³/mol. The van der Waals surface area contributed by atoms with Crippen LogP contribution in [0.2, 0.25) is 0 Å². The number of hydrogen-bond acceptors (Lipinski definition) is 6. The van der Waals surface area contributed by atoms with E-state index in [1.165, 1.54) is 17.1 Å². The van der Waals surface area contributed by atoms with Gasteiger partial charge in [0.25, 0.3) is 5.91 Å². The van der Waals surface area contributed by atoms with Crippen LogP contribution in [0.25, 0.3) is 0 Å². The van der Waals surface area contributed by atoms with Crippen molar-refractivity contribution in [1.29, 1.82) is 0 Å². The van der Waals surface area contributed by atoms with Crippen LogP contribution in [0.15, 0.2) is 0 Å². The molecule has 0 bridgehead atoms. The Bertz CT molecular complexity index is 637. The third kappa shape index (κ3) is 8.52. The van der Waals surface area contributed by atoms with E-state index in [1.54, 1.807) is 19.4 Å². The number of hydrogen-bond donors (Lipinski definition) is 2. The monoisotopic (exact) mass is 518 g/mol. The standard InChI is InChI=1S/C17H25F7N2O4S2/c1-4-7-30-13(28)11(6-9-32-3)25-12(27)10(5-8-31-2)26-14(29)15(18,19)16(20,21)17(22,23)24/h10-11H,4-9H2,1-3H3,(H,25,27)(H,26,29). The largest absolute Gasteiger partial charge is 0.464 e. The number of halogens is 7. The molecule has 0 rings (SSSR count). The topological polar surface area (TPSA) is 84.5 Å². The molecular formula is C17H25F7N2O4S2. The molecule has 0 aromatic carbocycles. The van der Waals surface area contributed by atoms with Crippen molar-refractivity contribution in [2.45, 2.75) is 56.3 Å². The van der Waals surface area contributed by atoms with Gasteiger partial charge in [-0.2, -0.15) is 54.3 Å². The lowest BCUT2D eigenvalue weighted by molar-refractivity contribution is -0.344. The lowest BCUT2D eigenvalue weighted by atomic mass is 10.1. The first kappa shape index (κ1) is 30.6. The first-order valence-electron chi connectivity index (χ1n) is 9.25. The Labute approximate surface area is 189 Å². The van der Waals surface area contributed by atoms with E-state index in [0.29, 0.717) is 12.2 Å². The van der Waals surface area contributed by atoms with E-state index in [0.717, 1.165) is 11.8 Å². The molecule has 2 atom stereocenters. The van der Waals surface area contributed by atoms with Crippen molar-refractivity contribution in [2.24, 2.45) is 0 Å². The first-order chi connectivity index (χ1) is 14.7. The summed E-state index contributed by atoms with van der Waals surface area (Å²) in [5.74, 6) is -17.4. The van der Waals surface area contributed by atoms with Gasteiger partial charge in [-0.3, -0.25) is 9.59 Å². The molecule has 0 radical (unpaired) electrons. The smallest absolute Gasteiger partial charge is 0.460 e. The second-order valence-electron chi connectivity index (χ2n) is 6.46. The molecule has 0 aliphatic heterocycles. The maximum Gasteiger partial charge on any atom is 0.460 e. The van der Waals surface area contributed by atoms with Gasteiger partial charge in [-0.05, 0) is 43.3 Å². The molecule has 2 amide bonds. The summed E-state index contributed by atoms with van der Waals surface area (Å²) in [6.45, 7) is 1.75. The summed E-state index contributed by atoms with van der Waals surface area (Å²) in [5, 5.41) is 3.45. The summed E-state index contributed by atoms with van der Waals surface area (Å²) in [5.41, 5.74) is 0. The quantitative estimate of drug-likeness (QED) is 0.271. The van der Waals surface area contributed by atoms with Crippen LogP contribution in [-0.2, 0) is 19.1 Å². The second-order valence-corrected chi connectivity index (χ2v) is 8.44. The van der Waals surface area contributed by atoms with Gasteiger partial charge in [0.1, 0.15) is 12.1 Å². The molecule has 32 heavy (non-hydrogen) atoms. The molecule has 0 fully saturated rings. The number of ether oxygens (including phenoxy) is 1. The maximum absolute atomic E-state index is 13.6. The van der Waals surface area contributed by atoms with Gasteiger partial charge < -0.3 is 15.4 Å². The highest BCUT2D eigenvalue weighted by Crippen LogP contribution is 2.46. The van der Waals surface area contributed by atoms with E-state index in [2.05, 4.69) is 5.32 Å². The summed E-state index contributed by atoms with van der Waals surface area (Å²) in [7, 11) is 0. The number of nitrogens with one attached hydrogen (secondary N) is 2. The van der Waals surface area contributed by atoms with Crippen LogP contribution in [0.3, 0.4) is 0 Å². The minimum atomic E-state index is -6.70. The molecule has 0 aliphatic rings. The van der Waals surface area contributed by atoms with Gasteiger partial charge in [0.2, 0.25) is 5.91 Å². The van der Waals surface area contributed by atoms with Gasteiger partial charge in [0.05, 0.1) is 6.61 Å². The lowest BCUT2D eigenvalue weighted by Gasteiger charge is -2.29. The number of thioether (sulfide) groups is 2. The number of esters is 1. The highest BCUT2D eigenvalue weighted by Gasteiger charge is 2.76. The van der Waals surface area contributed by atoms with Crippen molar-refractivity contribution in [3.05, 3.63) is 0 Å². The van der Waals surface area contributed by atoms with Crippen LogP contribution >= 0.6 is 23.5 Å². The van der Waals surface area contributed by atoms with Crippen LogP contribution in [-0.4, -0.2) is 78.5 Å². The van der Waals surface area contributed by atoms with E-state index in [9.17, 15) is 45.1 Å². The summed E-state index contributed by atoms with van der Waals surface area (Å²) in [4.78, 5) is 36.3. The third-order valence-electron chi connectivity index (χ3n) is 3.93. The van der Waals surface area contributed by atoms with Gasteiger partial charge in [-0.25, -0.2) is 4.79 Å². The maximum atomic E-state index is 13.6. The van der Waals surface area contributed by atoms with E-state index < -0.39 is 47.9 Å². The van der Waals surface area contributed by atoms with E-state index in [1.807, 2.05) is 0 Å². The lowest BCUT2D eigenvalue weighted by Crippen LogP contribution is -2.62. The summed E-state index contributed by atoms with van der Waals surface area (Å²) in [6.07, 6.45) is -3.26. The number of carbonyl (C=O) groups is 3. The number of alkyl halides is 7. The Balaban J connectivity index is 5.59. The Morgan fingerprint density at radius 1 is 0.875 bits per heavy atom. The highest BCUT2D eigenvalue weighted by molar-refractivity contribution is 7.98. The third-order valence-corrected chi connectivity index (χ3v) is 5.22. The van der Waals surface area contributed by atoms with Crippen LogP contribution in [0.5, 0.6) is 0 Å². The summed E-state index contributed by atoms with van der Waals surface area (Å²) < 4.78 is 95.4. The fourth-order valence-electron chi connectivity index (χ4n) is 2.13. The number of amides is 2. The van der Waals surface area contributed by atoms with E-state index >= 15 is 0 Å². The SMILES string of the molecule is CCCOC(=O)C(CCSC)NC(=O)C(CCSC)NC(=O)C(F)(F)C(F)(F)C(F)(F)F. The Kier molecular flexibility index (Phi) is 12.8. The summed E-state index contributed by atoms with van der Waals surface area (Å²) >= 11 is 2.42. The van der Waals surface area contributed by atoms with Crippen molar-refractivity contribution in [3.8, 4) is 0 Å². The first-order valence-corrected chi connectivity index (χ1v) is 12.0. The van der Waals surface area contributed by atoms with Crippen LogP contribution in [0.4, 0.5) is 30.7 Å². The fraction of sp³-hybridized carbons (Fsp3) is 0.824. The number of rotatable bonds is 14. The van der Waals surface area contributed by atoms with E-state index in [-0.39, 0.29) is 25.2 Å². The van der Waals surface area contributed by atoms with Gasteiger partial charge in [0.15, 0.2) is 0 Å². The Morgan fingerprint density at radius 3 is 1.81 bits per heavy atom. The van der Waals surface area contributed by atoms with Gasteiger partial charge >= 0.3 is 24.0 Å². The van der Waals surface area contributed by atoms with Crippen molar-refractivity contribution >= 4 is 41.3 Å². The fourth-order valence-corrected chi connectivity index (χ4v) is 3.08. The normalized spacial score (nSPS) is 14.4. The van der Waals surface area contributed by atoms with Crippen molar-refractivity contribution < 1.29 is 49.9 Å². The molecule has 2 N–H and O–H groups in total. The van der Waals surface area contributed by atoms with Crippen molar-refractivity contribution in [2.75, 3.05) is 30.6 Å². The Morgan fingerprint density at radius 2 is 1.38 bits per heavy atom.